The number of nitrogens with zero attached hydrogens (tertiary/aromatic N) is 2. The first kappa shape index (κ1) is 11.9. The quantitative estimate of drug-likeness (QED) is 0.909. The van der Waals surface area contributed by atoms with Gasteiger partial charge in [-0.25, -0.2) is 4.79 Å². The Labute approximate surface area is 106 Å². The molecule has 0 fully saturated rings. The molecule has 0 aliphatic heterocycles. The minimum atomic E-state index is -0.544. The van der Waals surface area contributed by atoms with Crippen LogP contribution in [-0.2, 0) is 0 Å². The lowest BCUT2D eigenvalue weighted by Gasteiger charge is -2.03. The van der Waals surface area contributed by atoms with Crippen molar-refractivity contribution < 1.29 is 4.74 Å². The molecule has 1 aromatic heterocycles. The number of benzene rings is 1. The van der Waals surface area contributed by atoms with Crippen molar-refractivity contribution in [3.63, 3.8) is 0 Å². The number of hydrogen-bond acceptors (Lipinski definition) is 4. The zero-order valence-electron chi connectivity index (χ0n) is 8.70. The van der Waals surface area contributed by atoms with Gasteiger partial charge in [0.25, 0.3) is 0 Å². The zero-order chi connectivity index (χ0) is 12.4. The molecule has 5 nitrogen and oxygen atoms in total. The second-order valence-electron chi connectivity index (χ2n) is 3.12. The number of ether oxygens (including phenoxy) is 1. The molecule has 0 atom stereocenters. The van der Waals surface area contributed by atoms with Crippen LogP contribution in [0.2, 0.25) is 10.0 Å². The summed E-state index contributed by atoms with van der Waals surface area (Å²) in [6.07, 6.45) is 0. The van der Waals surface area contributed by atoms with Crippen LogP contribution < -0.4 is 10.4 Å². The van der Waals surface area contributed by atoms with Crippen LogP contribution in [0.15, 0.2) is 23.0 Å². The molecular weight excluding hydrogens is 265 g/mol. The number of aromatic amines is 1. The van der Waals surface area contributed by atoms with Crippen molar-refractivity contribution in [3.05, 3.63) is 38.7 Å². The molecule has 0 aliphatic rings. The zero-order valence-corrected chi connectivity index (χ0v) is 10.2. The number of H-pyrrole nitrogens is 1. The first-order valence-corrected chi connectivity index (χ1v) is 5.33. The van der Waals surface area contributed by atoms with Gasteiger partial charge in [0, 0.05) is 5.56 Å². The van der Waals surface area contributed by atoms with Gasteiger partial charge in [-0.05, 0) is 18.2 Å². The summed E-state index contributed by atoms with van der Waals surface area (Å²) in [5, 5.41) is 0.807. The fraction of sp³-hybridized carbons (Fsp3) is 0.100. The van der Waals surface area contributed by atoms with Crippen LogP contribution >= 0.6 is 23.2 Å². The Morgan fingerprint density at radius 1 is 1.24 bits per heavy atom. The highest BCUT2D eigenvalue weighted by molar-refractivity contribution is 6.42. The number of halogens is 2. The number of methoxy groups -OCH3 is 1. The largest absolute Gasteiger partial charge is 0.467 e. The van der Waals surface area contributed by atoms with Crippen molar-refractivity contribution in [1.82, 2.24) is 15.0 Å². The van der Waals surface area contributed by atoms with Crippen molar-refractivity contribution in [2.24, 2.45) is 0 Å². The number of aromatic nitrogens is 3. The normalized spacial score (nSPS) is 10.3. The molecule has 0 unspecified atom stereocenters. The van der Waals surface area contributed by atoms with Gasteiger partial charge in [-0.3, -0.25) is 4.98 Å². The Hall–Kier alpha value is -1.59. The van der Waals surface area contributed by atoms with Gasteiger partial charge in [-0.1, -0.05) is 23.2 Å². The van der Waals surface area contributed by atoms with Crippen LogP contribution in [0.3, 0.4) is 0 Å². The highest BCUT2D eigenvalue weighted by Crippen LogP contribution is 2.26. The van der Waals surface area contributed by atoms with E-state index in [2.05, 4.69) is 15.0 Å². The van der Waals surface area contributed by atoms with Crippen molar-refractivity contribution in [3.8, 4) is 17.4 Å². The second-order valence-corrected chi connectivity index (χ2v) is 3.93. The predicted molar refractivity (Wildman–Crippen MR) is 64.7 cm³/mol. The summed E-state index contributed by atoms with van der Waals surface area (Å²) in [7, 11) is 1.38. The third-order valence-electron chi connectivity index (χ3n) is 2.01. The maximum Gasteiger partial charge on any atom is 0.351 e. The number of nitrogens with one attached hydrogen (secondary N) is 1. The summed E-state index contributed by atoms with van der Waals surface area (Å²) in [5.41, 5.74) is 0.0788. The lowest BCUT2D eigenvalue weighted by molar-refractivity contribution is 0.377. The van der Waals surface area contributed by atoms with E-state index in [4.69, 9.17) is 27.9 Å². The smallest absolute Gasteiger partial charge is 0.351 e. The third-order valence-corrected chi connectivity index (χ3v) is 2.74. The average molecular weight is 272 g/mol. The molecule has 2 aromatic rings. The lowest BCUT2D eigenvalue weighted by atomic mass is 10.2. The molecule has 0 bridgehead atoms. The van der Waals surface area contributed by atoms with E-state index in [1.807, 2.05) is 0 Å². The maximum absolute atomic E-state index is 11.2. The molecule has 0 amide bonds. The molecule has 0 aliphatic carbocycles. The highest BCUT2D eigenvalue weighted by atomic mass is 35.5. The van der Waals surface area contributed by atoms with Gasteiger partial charge in [-0.15, -0.1) is 4.98 Å². The van der Waals surface area contributed by atoms with Gasteiger partial charge in [0.2, 0.25) is 0 Å². The lowest BCUT2D eigenvalue weighted by Crippen LogP contribution is -2.14. The first-order chi connectivity index (χ1) is 8.10. The minimum Gasteiger partial charge on any atom is -0.467 e. The van der Waals surface area contributed by atoms with E-state index < -0.39 is 5.69 Å². The van der Waals surface area contributed by atoms with Gasteiger partial charge in [-0.2, -0.15) is 4.98 Å². The number of hydrogen-bond donors (Lipinski definition) is 1. The van der Waals surface area contributed by atoms with Crippen LogP contribution in [0.1, 0.15) is 0 Å². The van der Waals surface area contributed by atoms with E-state index in [9.17, 15) is 4.79 Å². The fourth-order valence-electron chi connectivity index (χ4n) is 1.24. The molecule has 0 radical (unpaired) electrons. The Kier molecular flexibility index (Phi) is 3.31. The van der Waals surface area contributed by atoms with Crippen molar-refractivity contribution in [2.75, 3.05) is 7.11 Å². The van der Waals surface area contributed by atoms with Crippen LogP contribution in [0.5, 0.6) is 6.01 Å². The Morgan fingerprint density at radius 2 is 2.00 bits per heavy atom. The summed E-state index contributed by atoms with van der Waals surface area (Å²) in [5.74, 6) is 0.320. The maximum atomic E-state index is 11.2. The van der Waals surface area contributed by atoms with Crippen molar-refractivity contribution in [1.29, 1.82) is 0 Å². The van der Waals surface area contributed by atoms with Crippen LogP contribution in [0, 0.1) is 0 Å². The van der Waals surface area contributed by atoms with Crippen LogP contribution in [0.4, 0.5) is 0 Å². The van der Waals surface area contributed by atoms with Crippen molar-refractivity contribution in [2.45, 2.75) is 0 Å². The van der Waals surface area contributed by atoms with Gasteiger partial charge in [0.1, 0.15) is 5.82 Å². The Morgan fingerprint density at radius 3 is 2.65 bits per heavy atom. The summed E-state index contributed by atoms with van der Waals surface area (Å²) in [6.45, 7) is 0. The molecule has 17 heavy (non-hydrogen) atoms. The first-order valence-electron chi connectivity index (χ1n) is 4.58. The highest BCUT2D eigenvalue weighted by Gasteiger charge is 2.07. The molecule has 0 saturated heterocycles. The standard InChI is InChI=1S/C10H7Cl2N3O2/c1-17-10-14-8(13-9(16)15-10)5-2-3-6(11)7(12)4-5/h2-4H,1H3,(H,13,14,15,16). The summed E-state index contributed by atoms with van der Waals surface area (Å²) < 4.78 is 4.81. The average Bonchev–Trinajstić information content (AvgIpc) is 2.32. The van der Waals surface area contributed by atoms with Gasteiger partial charge in [0.15, 0.2) is 0 Å². The molecule has 88 valence electrons. The molecule has 0 spiro atoms. The minimum absolute atomic E-state index is 0.00479. The van der Waals surface area contributed by atoms with Crippen molar-refractivity contribution >= 4 is 23.2 Å². The molecule has 2 rings (SSSR count). The van der Waals surface area contributed by atoms with E-state index in [1.165, 1.54) is 7.11 Å². The van der Waals surface area contributed by atoms with Gasteiger partial charge >= 0.3 is 11.7 Å². The monoisotopic (exact) mass is 271 g/mol. The topological polar surface area (TPSA) is 67.9 Å². The SMILES string of the molecule is COc1nc(-c2ccc(Cl)c(Cl)c2)[nH]c(=O)n1. The molecular formula is C10H7Cl2N3O2. The second kappa shape index (κ2) is 4.73. The van der Waals surface area contributed by atoms with Gasteiger partial charge in [0.05, 0.1) is 17.2 Å². The molecule has 1 aromatic carbocycles. The van der Waals surface area contributed by atoms with Crippen LogP contribution in [0.25, 0.3) is 11.4 Å². The Balaban J connectivity index is 2.55. The molecule has 7 heteroatoms. The number of rotatable bonds is 2. The predicted octanol–water partition coefficient (Wildman–Crippen LogP) is 2.15. The fourth-order valence-corrected chi connectivity index (χ4v) is 1.53. The summed E-state index contributed by atoms with van der Waals surface area (Å²) in [6, 6.07) is 4.90. The van der Waals surface area contributed by atoms with E-state index in [0.29, 0.717) is 21.4 Å². The third kappa shape index (κ3) is 2.57. The summed E-state index contributed by atoms with van der Waals surface area (Å²) >= 11 is 11.7. The van der Waals surface area contributed by atoms with Gasteiger partial charge < -0.3 is 4.74 Å². The van der Waals surface area contributed by atoms with E-state index >= 15 is 0 Å². The summed E-state index contributed by atoms with van der Waals surface area (Å²) in [4.78, 5) is 21.3. The van der Waals surface area contributed by atoms with E-state index in [-0.39, 0.29) is 6.01 Å². The van der Waals surface area contributed by atoms with E-state index in [1.54, 1.807) is 18.2 Å². The molecule has 1 heterocycles. The molecule has 0 saturated carbocycles. The Bertz CT molecular complexity index is 613. The molecule has 1 N–H and O–H groups in total. The van der Waals surface area contributed by atoms with Crippen LogP contribution in [-0.4, -0.2) is 22.1 Å². The van der Waals surface area contributed by atoms with E-state index in [0.717, 1.165) is 0 Å².